The van der Waals surface area contributed by atoms with Gasteiger partial charge in [-0.25, -0.2) is 14.1 Å². The second kappa shape index (κ2) is 9.10. The van der Waals surface area contributed by atoms with Crippen molar-refractivity contribution in [2.24, 2.45) is 5.14 Å². The van der Waals surface area contributed by atoms with Crippen molar-refractivity contribution in [1.29, 1.82) is 0 Å². The first-order chi connectivity index (χ1) is 13.8. The van der Waals surface area contributed by atoms with E-state index >= 15 is 0 Å². The maximum atomic E-state index is 12.0. The molecule has 11 nitrogen and oxygen atoms in total. The molecule has 0 aliphatic carbocycles. The molecule has 2 rings (SSSR count). The molecule has 0 saturated heterocycles. The van der Waals surface area contributed by atoms with E-state index in [0.717, 1.165) is 12.1 Å². The van der Waals surface area contributed by atoms with Crippen LogP contribution in [0, 0.1) is 0 Å². The zero-order valence-electron chi connectivity index (χ0n) is 15.3. The van der Waals surface area contributed by atoms with Crippen LogP contribution in [0.1, 0.15) is 16.8 Å². The summed E-state index contributed by atoms with van der Waals surface area (Å²) in [6, 6.07) is 9.94. The largest absolute Gasteiger partial charge is 0.478 e. The molecule has 0 fully saturated rings. The molecule has 0 aliphatic heterocycles. The van der Waals surface area contributed by atoms with Gasteiger partial charge in [0.15, 0.2) is 19.8 Å². The Morgan fingerprint density at radius 3 is 2.30 bits per heavy atom. The van der Waals surface area contributed by atoms with Gasteiger partial charge in [0.2, 0.25) is 5.79 Å². The molecule has 0 amide bonds. The van der Waals surface area contributed by atoms with Gasteiger partial charge >= 0.3 is 5.97 Å². The van der Waals surface area contributed by atoms with Gasteiger partial charge in [0.05, 0.1) is 16.1 Å². The van der Waals surface area contributed by atoms with Crippen molar-refractivity contribution in [1.82, 2.24) is 0 Å². The summed E-state index contributed by atoms with van der Waals surface area (Å²) in [5.41, 5.74) is -3.77. The first-order valence-corrected chi connectivity index (χ1v) is 9.45. The minimum Gasteiger partial charge on any atom is -0.478 e. The molecule has 2 atom stereocenters. The van der Waals surface area contributed by atoms with E-state index in [1.807, 2.05) is 0 Å². The summed E-state index contributed by atoms with van der Waals surface area (Å²) in [5.74, 6) is -4.65. The van der Waals surface area contributed by atoms with E-state index in [-0.39, 0.29) is 22.1 Å². The van der Waals surface area contributed by atoms with E-state index in [2.05, 4.69) is 5.32 Å². The Bertz CT molecular complexity index is 935. The van der Waals surface area contributed by atoms with E-state index in [4.69, 9.17) is 27.9 Å². The zero-order valence-corrected chi connectivity index (χ0v) is 16.1. The van der Waals surface area contributed by atoms with E-state index < -0.39 is 46.6 Å². The van der Waals surface area contributed by atoms with Crippen molar-refractivity contribution < 1.29 is 44.4 Å². The van der Waals surface area contributed by atoms with Crippen molar-refractivity contribution in [3.8, 4) is 11.5 Å². The highest BCUT2D eigenvalue weighted by Gasteiger charge is 2.40. The first kappa shape index (κ1) is 23.8. The Morgan fingerprint density at radius 1 is 1.20 bits per heavy atom. The average molecular weight is 438 g/mol. The number of nitrogens with one attached hydrogen (secondary N) is 1. The van der Waals surface area contributed by atoms with Gasteiger partial charge in [-0.15, -0.1) is 0 Å². The fourth-order valence-electron chi connectivity index (χ4n) is 2.44. The fraction of sp³-hybridized carbons (Fsp3) is 0.235. The Morgan fingerprint density at radius 2 is 1.80 bits per heavy atom. The van der Waals surface area contributed by atoms with Crippen molar-refractivity contribution in [3.63, 3.8) is 0 Å². The monoisotopic (exact) mass is 438 g/mol. The summed E-state index contributed by atoms with van der Waals surface area (Å²) in [6.45, 7) is 0. The highest BCUT2D eigenvalue weighted by molar-refractivity contribution is 7.82. The van der Waals surface area contributed by atoms with Crippen LogP contribution >= 0.6 is 0 Å². The molecule has 0 heterocycles. The van der Waals surface area contributed by atoms with Gasteiger partial charge in [-0.2, -0.15) is 0 Å². The Labute approximate surface area is 174 Å². The highest BCUT2D eigenvalue weighted by Crippen LogP contribution is 2.37. The van der Waals surface area contributed by atoms with Crippen molar-refractivity contribution in [3.05, 3.63) is 48.0 Å². The van der Waals surface area contributed by atoms with Crippen LogP contribution in [0.25, 0.3) is 0 Å². The number of carboxylic acids is 1. The molecule has 2 aromatic carbocycles. The lowest BCUT2D eigenvalue weighted by Gasteiger charge is -2.33. The molecule has 2 aromatic rings. The lowest BCUT2D eigenvalue weighted by Crippen LogP contribution is -2.52. The SMILES string of the molecule is [B]C(O)(O)CC(O)(O)C(O)Nc1cc(C(=O)O)cc(S(N)=O)c1Oc1ccccc1. The van der Waals surface area contributed by atoms with Gasteiger partial charge in [0, 0.05) is 6.42 Å². The average Bonchev–Trinajstić information content (AvgIpc) is 2.61. The van der Waals surface area contributed by atoms with Gasteiger partial charge in [-0.3, -0.25) is 0 Å². The number of benzene rings is 2. The second-order valence-electron chi connectivity index (χ2n) is 6.35. The van der Waals surface area contributed by atoms with Gasteiger partial charge in [0.25, 0.3) is 0 Å². The molecule has 0 spiro atoms. The Hall–Kier alpha value is -2.52. The first-order valence-electron chi connectivity index (χ1n) is 8.23. The zero-order chi connectivity index (χ0) is 22.7. The number of rotatable bonds is 9. The van der Waals surface area contributed by atoms with E-state index in [9.17, 15) is 29.4 Å². The van der Waals surface area contributed by atoms with Crippen LogP contribution in [0.4, 0.5) is 5.69 Å². The molecule has 0 saturated carbocycles. The number of aromatic carboxylic acids is 1. The molecule has 30 heavy (non-hydrogen) atoms. The summed E-state index contributed by atoms with van der Waals surface area (Å²) in [4.78, 5) is 11.1. The lowest BCUT2D eigenvalue weighted by atomic mass is 9.87. The quantitative estimate of drug-likeness (QED) is 0.173. The highest BCUT2D eigenvalue weighted by atomic mass is 32.2. The summed E-state index contributed by atoms with van der Waals surface area (Å²) in [6.07, 6.45) is -3.63. The molecular formula is C17H19BN2O9S. The minimum atomic E-state index is -3.18. The molecule has 0 aliphatic rings. The maximum Gasteiger partial charge on any atom is 0.335 e. The summed E-state index contributed by atoms with van der Waals surface area (Å²) < 4.78 is 17.6. The van der Waals surface area contributed by atoms with Gasteiger partial charge in [0.1, 0.15) is 22.4 Å². The number of carbonyl (C=O) groups is 1. The van der Waals surface area contributed by atoms with Crippen molar-refractivity contribution in [2.45, 2.75) is 29.0 Å². The standard InChI is InChI=1S/C17H19BN2O9S/c18-17(26,27)8-16(24,25)15(23)20-11-6-9(14(21)22)7-12(30(19)28)13(11)29-10-4-2-1-3-5-10/h1-7,15,20,23-27H,8,19H2,(H,21,22). The number of nitrogens with two attached hydrogens (primary N) is 1. The topological polar surface area (TPSA) is 203 Å². The van der Waals surface area contributed by atoms with Crippen molar-refractivity contribution in [2.75, 3.05) is 5.32 Å². The number of hydrogen-bond donors (Lipinski definition) is 8. The van der Waals surface area contributed by atoms with Crippen LogP contribution in [0.3, 0.4) is 0 Å². The van der Waals surface area contributed by atoms with Crippen LogP contribution in [0.5, 0.6) is 11.5 Å². The Balaban J connectivity index is 2.54. The lowest BCUT2D eigenvalue weighted by molar-refractivity contribution is -0.259. The molecule has 0 bridgehead atoms. The Kier molecular flexibility index (Phi) is 7.20. The number of anilines is 1. The van der Waals surface area contributed by atoms with E-state index in [1.54, 1.807) is 18.2 Å². The summed E-state index contributed by atoms with van der Waals surface area (Å²) >= 11 is 0. The predicted octanol–water partition coefficient (Wildman–Crippen LogP) is -1.23. The van der Waals surface area contributed by atoms with Crippen LogP contribution < -0.4 is 15.2 Å². The van der Waals surface area contributed by atoms with E-state index in [0.29, 0.717) is 0 Å². The summed E-state index contributed by atoms with van der Waals surface area (Å²) in [5, 5.41) is 65.2. The fourth-order valence-corrected chi connectivity index (χ4v) is 3.01. The molecule has 160 valence electrons. The molecule has 9 N–H and O–H groups in total. The van der Waals surface area contributed by atoms with Crippen LogP contribution in [0.2, 0.25) is 0 Å². The molecule has 0 aromatic heterocycles. The maximum absolute atomic E-state index is 12.0. The smallest absolute Gasteiger partial charge is 0.335 e. The second-order valence-corrected chi connectivity index (χ2v) is 7.38. The molecular weight excluding hydrogens is 419 g/mol. The van der Waals surface area contributed by atoms with Gasteiger partial charge in [-0.1, -0.05) is 18.2 Å². The molecule has 2 unspecified atom stereocenters. The number of para-hydroxylation sites is 1. The van der Waals surface area contributed by atoms with Crippen LogP contribution in [0.15, 0.2) is 47.4 Å². The van der Waals surface area contributed by atoms with Crippen molar-refractivity contribution >= 4 is 30.5 Å². The number of carboxylic acid groups (broad SMARTS) is 1. The third-order valence-electron chi connectivity index (χ3n) is 3.73. The molecule has 13 heteroatoms. The number of hydrogen-bond acceptors (Lipinski definition) is 9. The normalized spacial score (nSPS) is 14.1. The third-order valence-corrected chi connectivity index (χ3v) is 4.47. The van der Waals surface area contributed by atoms with E-state index in [1.165, 1.54) is 12.1 Å². The number of aliphatic hydroxyl groups excluding tert-OH is 1. The minimum absolute atomic E-state index is 0.232. The van der Waals surface area contributed by atoms with Gasteiger partial charge in [-0.05, 0) is 24.3 Å². The third kappa shape index (κ3) is 6.24. The number of ether oxygens (including phenoxy) is 1. The molecule has 2 radical (unpaired) electrons. The van der Waals surface area contributed by atoms with Crippen LogP contribution in [-0.4, -0.2) is 66.4 Å². The number of aliphatic hydroxyl groups is 5. The summed E-state index contributed by atoms with van der Waals surface area (Å²) in [7, 11) is 2.67. The van der Waals surface area contributed by atoms with Crippen LogP contribution in [-0.2, 0) is 11.0 Å². The predicted molar refractivity (Wildman–Crippen MR) is 105 cm³/mol. The van der Waals surface area contributed by atoms with Gasteiger partial charge < -0.3 is 40.7 Å².